The maximum atomic E-state index is 5.76. The lowest BCUT2D eigenvalue weighted by atomic mass is 10.1. The standard InChI is InChI=1S/C19H23N7O/c1-26(2)17-4-3-13(10-23-17)15-9-16-18(22-6-5-21-16)19(25-15)24-12-14-11-20-7-8-27-14/h3-6,9-10,14,20H,7-8,11-12H2,1-2H3,(H,24,25)/t14-/m0/s1. The molecule has 1 aliphatic heterocycles. The third-order valence-electron chi connectivity index (χ3n) is 4.46. The Hall–Kier alpha value is -2.84. The first-order valence-corrected chi connectivity index (χ1v) is 9.02. The first-order valence-electron chi connectivity index (χ1n) is 9.02. The molecule has 0 aromatic carbocycles. The summed E-state index contributed by atoms with van der Waals surface area (Å²) in [5.74, 6) is 1.61. The fourth-order valence-corrected chi connectivity index (χ4v) is 3.01. The average Bonchev–Trinajstić information content (AvgIpc) is 2.72. The number of fused-ring (bicyclic) bond motifs is 1. The van der Waals surface area contributed by atoms with E-state index in [1.165, 1.54) is 0 Å². The zero-order valence-electron chi connectivity index (χ0n) is 15.5. The minimum Gasteiger partial charge on any atom is -0.374 e. The van der Waals surface area contributed by atoms with Crippen LogP contribution < -0.4 is 15.5 Å². The highest BCUT2D eigenvalue weighted by Gasteiger charge is 2.15. The maximum absolute atomic E-state index is 5.76. The summed E-state index contributed by atoms with van der Waals surface area (Å²) in [5, 5.41) is 6.72. The van der Waals surface area contributed by atoms with Gasteiger partial charge in [0.25, 0.3) is 0 Å². The van der Waals surface area contributed by atoms with Gasteiger partial charge in [0.2, 0.25) is 0 Å². The van der Waals surface area contributed by atoms with Gasteiger partial charge in [-0.1, -0.05) is 0 Å². The Morgan fingerprint density at radius 1 is 1.22 bits per heavy atom. The van der Waals surface area contributed by atoms with E-state index >= 15 is 0 Å². The highest BCUT2D eigenvalue weighted by Crippen LogP contribution is 2.25. The highest BCUT2D eigenvalue weighted by molar-refractivity contribution is 5.88. The minimum atomic E-state index is 0.108. The van der Waals surface area contributed by atoms with Crippen LogP contribution in [0.3, 0.4) is 0 Å². The summed E-state index contributed by atoms with van der Waals surface area (Å²) >= 11 is 0. The quantitative estimate of drug-likeness (QED) is 0.704. The number of hydrogen-bond donors (Lipinski definition) is 2. The molecule has 8 heteroatoms. The fourth-order valence-electron chi connectivity index (χ4n) is 3.01. The molecule has 4 heterocycles. The van der Waals surface area contributed by atoms with E-state index in [0.717, 1.165) is 47.8 Å². The van der Waals surface area contributed by atoms with Gasteiger partial charge in [-0.25, -0.2) is 15.0 Å². The number of nitrogens with zero attached hydrogens (tertiary/aromatic N) is 5. The van der Waals surface area contributed by atoms with Crippen molar-refractivity contribution >= 4 is 22.7 Å². The predicted molar refractivity (Wildman–Crippen MR) is 106 cm³/mol. The molecule has 0 unspecified atom stereocenters. The Kier molecular flexibility index (Phi) is 5.08. The molecule has 2 N–H and O–H groups in total. The molecule has 0 spiro atoms. The van der Waals surface area contributed by atoms with Crippen molar-refractivity contribution in [2.45, 2.75) is 6.10 Å². The molecule has 3 aromatic rings. The largest absolute Gasteiger partial charge is 0.374 e. The lowest BCUT2D eigenvalue weighted by molar-refractivity contribution is 0.0372. The van der Waals surface area contributed by atoms with Crippen LogP contribution in [0.25, 0.3) is 22.3 Å². The molecule has 1 atom stereocenters. The topological polar surface area (TPSA) is 88.1 Å². The predicted octanol–water partition coefficient (Wildman–Crippen LogP) is 1.55. The van der Waals surface area contributed by atoms with Crippen molar-refractivity contribution in [1.82, 2.24) is 25.3 Å². The fraction of sp³-hybridized carbons (Fsp3) is 0.368. The number of hydrogen-bond acceptors (Lipinski definition) is 8. The second kappa shape index (κ2) is 7.81. The molecule has 27 heavy (non-hydrogen) atoms. The second-order valence-corrected chi connectivity index (χ2v) is 6.66. The van der Waals surface area contributed by atoms with Crippen molar-refractivity contribution in [2.24, 2.45) is 0 Å². The molecule has 3 aromatic heterocycles. The van der Waals surface area contributed by atoms with Gasteiger partial charge in [-0.2, -0.15) is 0 Å². The Morgan fingerprint density at radius 2 is 2.11 bits per heavy atom. The second-order valence-electron chi connectivity index (χ2n) is 6.66. The number of aromatic nitrogens is 4. The van der Waals surface area contributed by atoms with Crippen LogP contribution in [0.1, 0.15) is 0 Å². The number of morpholine rings is 1. The summed E-state index contributed by atoms with van der Waals surface area (Å²) < 4.78 is 5.76. The average molecular weight is 365 g/mol. The van der Waals surface area contributed by atoms with Crippen LogP contribution in [-0.2, 0) is 4.74 Å². The first-order chi connectivity index (χ1) is 13.2. The van der Waals surface area contributed by atoms with Gasteiger partial charge in [0.15, 0.2) is 5.82 Å². The van der Waals surface area contributed by atoms with Gasteiger partial charge in [0.05, 0.1) is 23.9 Å². The van der Waals surface area contributed by atoms with Crippen LogP contribution in [0.2, 0.25) is 0 Å². The molecule has 1 aliphatic rings. The summed E-state index contributed by atoms with van der Waals surface area (Å²) in [6.07, 6.45) is 5.31. The van der Waals surface area contributed by atoms with Gasteiger partial charge in [0, 0.05) is 57.9 Å². The van der Waals surface area contributed by atoms with Gasteiger partial charge < -0.3 is 20.3 Å². The van der Waals surface area contributed by atoms with Crippen molar-refractivity contribution in [3.05, 3.63) is 36.8 Å². The first kappa shape index (κ1) is 17.6. The van der Waals surface area contributed by atoms with Crippen molar-refractivity contribution in [3.63, 3.8) is 0 Å². The van der Waals surface area contributed by atoms with Crippen molar-refractivity contribution in [2.75, 3.05) is 50.6 Å². The smallest absolute Gasteiger partial charge is 0.154 e. The number of ether oxygens (including phenoxy) is 1. The number of nitrogens with one attached hydrogen (secondary N) is 2. The van der Waals surface area contributed by atoms with Gasteiger partial charge in [-0.3, -0.25) is 4.98 Å². The van der Waals surface area contributed by atoms with Gasteiger partial charge >= 0.3 is 0 Å². The number of pyridine rings is 2. The van der Waals surface area contributed by atoms with E-state index < -0.39 is 0 Å². The Morgan fingerprint density at radius 3 is 2.85 bits per heavy atom. The number of anilines is 2. The van der Waals surface area contributed by atoms with Gasteiger partial charge in [0.1, 0.15) is 11.3 Å². The van der Waals surface area contributed by atoms with Crippen molar-refractivity contribution < 1.29 is 4.74 Å². The molecule has 1 saturated heterocycles. The summed E-state index contributed by atoms with van der Waals surface area (Å²) in [7, 11) is 3.94. The van der Waals surface area contributed by atoms with E-state index in [2.05, 4.69) is 25.6 Å². The van der Waals surface area contributed by atoms with Crippen LogP contribution in [-0.4, -0.2) is 66.4 Å². The molecule has 0 bridgehead atoms. The van der Waals surface area contributed by atoms with E-state index in [0.29, 0.717) is 12.4 Å². The van der Waals surface area contributed by atoms with Crippen LogP contribution in [0.4, 0.5) is 11.6 Å². The summed E-state index contributed by atoms with van der Waals surface area (Å²) in [5.41, 5.74) is 3.30. The minimum absolute atomic E-state index is 0.108. The molecule has 8 nitrogen and oxygen atoms in total. The van der Waals surface area contributed by atoms with Crippen molar-refractivity contribution in [1.29, 1.82) is 0 Å². The monoisotopic (exact) mass is 365 g/mol. The lowest BCUT2D eigenvalue weighted by Gasteiger charge is -2.24. The van der Waals surface area contributed by atoms with E-state index in [9.17, 15) is 0 Å². The molecule has 0 aliphatic carbocycles. The van der Waals surface area contributed by atoms with E-state index in [1.807, 2.05) is 43.4 Å². The zero-order valence-corrected chi connectivity index (χ0v) is 15.5. The van der Waals surface area contributed by atoms with Crippen LogP contribution in [0.15, 0.2) is 36.8 Å². The molecular weight excluding hydrogens is 342 g/mol. The normalized spacial score (nSPS) is 17.0. The van der Waals surface area contributed by atoms with Gasteiger partial charge in [-0.05, 0) is 18.2 Å². The van der Waals surface area contributed by atoms with Crippen molar-refractivity contribution in [3.8, 4) is 11.3 Å². The third-order valence-corrected chi connectivity index (χ3v) is 4.46. The van der Waals surface area contributed by atoms with E-state index in [1.54, 1.807) is 12.4 Å². The highest BCUT2D eigenvalue weighted by atomic mass is 16.5. The Balaban J connectivity index is 1.65. The summed E-state index contributed by atoms with van der Waals surface area (Å²) in [6.45, 7) is 3.11. The van der Waals surface area contributed by atoms with Gasteiger partial charge in [-0.15, -0.1) is 0 Å². The molecule has 0 saturated carbocycles. The molecule has 0 radical (unpaired) electrons. The van der Waals surface area contributed by atoms with E-state index in [-0.39, 0.29) is 6.10 Å². The van der Waals surface area contributed by atoms with E-state index in [4.69, 9.17) is 9.72 Å². The van der Waals surface area contributed by atoms with Crippen LogP contribution in [0.5, 0.6) is 0 Å². The summed E-state index contributed by atoms with van der Waals surface area (Å²) in [4.78, 5) is 20.1. The number of rotatable bonds is 5. The lowest BCUT2D eigenvalue weighted by Crippen LogP contribution is -2.42. The molecular formula is C19H23N7O. The Labute approximate surface area is 158 Å². The van der Waals surface area contributed by atoms with Crippen LogP contribution >= 0.6 is 0 Å². The summed E-state index contributed by atoms with van der Waals surface area (Å²) in [6, 6.07) is 5.94. The maximum Gasteiger partial charge on any atom is 0.154 e. The van der Waals surface area contributed by atoms with Crippen LogP contribution in [0, 0.1) is 0 Å². The molecule has 1 fully saturated rings. The molecule has 0 amide bonds. The zero-order chi connectivity index (χ0) is 18.6. The molecule has 4 rings (SSSR count). The SMILES string of the molecule is CN(C)c1ccc(-c2cc3nccnc3c(NC[C@@H]3CNCCO3)n2)cn1. The Bertz CT molecular complexity index is 908. The third kappa shape index (κ3) is 3.96. The molecule has 140 valence electrons.